The van der Waals surface area contributed by atoms with Gasteiger partial charge < -0.3 is 5.32 Å². The summed E-state index contributed by atoms with van der Waals surface area (Å²) in [5.74, 6) is 0. The van der Waals surface area contributed by atoms with E-state index in [9.17, 15) is 0 Å². The van der Waals surface area contributed by atoms with Crippen LogP contribution in [0.5, 0.6) is 0 Å². The number of thiazole rings is 1. The van der Waals surface area contributed by atoms with Crippen LogP contribution in [0, 0.1) is 0 Å². The molecule has 0 bridgehead atoms. The lowest BCUT2D eigenvalue weighted by molar-refractivity contribution is 0.571. The van der Waals surface area contributed by atoms with E-state index in [2.05, 4.69) is 49.7 Å². The molecular weight excluding hydrogens is 264 g/mol. The van der Waals surface area contributed by atoms with Crippen molar-refractivity contribution in [1.29, 1.82) is 0 Å². The van der Waals surface area contributed by atoms with E-state index in [1.807, 2.05) is 0 Å². The molecule has 0 radical (unpaired) electrons. The summed E-state index contributed by atoms with van der Waals surface area (Å²) in [4.78, 5) is 4.79. The van der Waals surface area contributed by atoms with Crippen LogP contribution < -0.4 is 5.32 Å². The minimum atomic E-state index is 0.147. The molecule has 1 aromatic carbocycles. The molecule has 2 aromatic rings. The Balaban J connectivity index is 1.79. The molecule has 3 rings (SSSR count). The van der Waals surface area contributed by atoms with Gasteiger partial charge in [-0.15, -0.1) is 11.3 Å². The zero-order valence-electron chi connectivity index (χ0n) is 12.5. The highest BCUT2D eigenvalue weighted by atomic mass is 32.1. The monoisotopic (exact) mass is 286 g/mol. The normalized spacial score (nSPS) is 14.8. The van der Waals surface area contributed by atoms with Gasteiger partial charge in [-0.25, -0.2) is 4.98 Å². The molecule has 20 heavy (non-hydrogen) atoms. The topological polar surface area (TPSA) is 24.9 Å². The highest BCUT2D eigenvalue weighted by Gasteiger charge is 2.17. The summed E-state index contributed by atoms with van der Waals surface area (Å²) in [5.41, 5.74) is 5.50. The lowest BCUT2D eigenvalue weighted by Gasteiger charge is -2.18. The van der Waals surface area contributed by atoms with E-state index < -0.39 is 0 Å². The number of rotatable bonds is 2. The van der Waals surface area contributed by atoms with Gasteiger partial charge in [-0.2, -0.15) is 0 Å². The quantitative estimate of drug-likeness (QED) is 0.885. The summed E-state index contributed by atoms with van der Waals surface area (Å²) in [6.45, 7) is 7.76. The number of aromatic nitrogens is 1. The number of nitrogens with zero attached hydrogens (tertiary/aromatic N) is 1. The molecule has 0 fully saturated rings. The molecule has 0 atom stereocenters. The molecule has 3 heteroatoms. The third-order valence-electron chi connectivity index (χ3n) is 3.78. The molecule has 0 amide bonds. The molecule has 1 aliphatic rings. The first-order valence-corrected chi connectivity index (χ1v) is 8.21. The Bertz CT molecular complexity index is 608. The van der Waals surface area contributed by atoms with Gasteiger partial charge in [-0.05, 0) is 30.0 Å². The van der Waals surface area contributed by atoms with Gasteiger partial charge in [0.05, 0.1) is 10.7 Å². The van der Waals surface area contributed by atoms with Gasteiger partial charge in [-0.1, -0.05) is 32.9 Å². The lowest BCUT2D eigenvalue weighted by Crippen LogP contribution is -2.12. The van der Waals surface area contributed by atoms with E-state index >= 15 is 0 Å². The summed E-state index contributed by atoms with van der Waals surface area (Å²) < 4.78 is 0. The maximum absolute atomic E-state index is 4.79. The van der Waals surface area contributed by atoms with Crippen LogP contribution in [0.15, 0.2) is 23.6 Å². The molecule has 0 saturated carbocycles. The second-order valence-corrected chi connectivity index (χ2v) is 7.52. The van der Waals surface area contributed by atoms with Crippen molar-refractivity contribution < 1.29 is 0 Å². The third kappa shape index (κ3) is 2.88. The van der Waals surface area contributed by atoms with Crippen molar-refractivity contribution in [2.24, 2.45) is 0 Å². The first kappa shape index (κ1) is 13.6. The third-order valence-corrected chi connectivity index (χ3v) is 4.63. The number of anilines is 1. The van der Waals surface area contributed by atoms with Gasteiger partial charge in [0.1, 0.15) is 0 Å². The SMILES string of the molecule is CC(C)(C)c1csc(Cc2ccc3c(c2)CCCN3)n1. The van der Waals surface area contributed by atoms with Crippen LogP contribution in [0.3, 0.4) is 0 Å². The maximum atomic E-state index is 4.79. The van der Waals surface area contributed by atoms with E-state index in [4.69, 9.17) is 4.98 Å². The Hall–Kier alpha value is -1.35. The summed E-state index contributed by atoms with van der Waals surface area (Å²) in [7, 11) is 0. The highest BCUT2D eigenvalue weighted by Crippen LogP contribution is 2.27. The first-order chi connectivity index (χ1) is 9.52. The summed E-state index contributed by atoms with van der Waals surface area (Å²) >= 11 is 1.78. The number of nitrogens with one attached hydrogen (secondary N) is 1. The van der Waals surface area contributed by atoms with Crippen LogP contribution in [0.2, 0.25) is 0 Å². The molecule has 2 heterocycles. The van der Waals surface area contributed by atoms with Crippen molar-refractivity contribution in [1.82, 2.24) is 4.98 Å². The fourth-order valence-electron chi connectivity index (χ4n) is 2.55. The van der Waals surface area contributed by atoms with Crippen LogP contribution in [0.1, 0.15) is 49.0 Å². The van der Waals surface area contributed by atoms with E-state index in [1.165, 1.54) is 40.4 Å². The number of fused-ring (bicyclic) bond motifs is 1. The zero-order valence-corrected chi connectivity index (χ0v) is 13.3. The van der Waals surface area contributed by atoms with E-state index in [0.717, 1.165) is 13.0 Å². The Morgan fingerprint density at radius 2 is 2.15 bits per heavy atom. The van der Waals surface area contributed by atoms with Gasteiger partial charge in [0, 0.05) is 29.4 Å². The molecule has 1 aromatic heterocycles. The second-order valence-electron chi connectivity index (χ2n) is 6.58. The largest absolute Gasteiger partial charge is 0.385 e. The fraction of sp³-hybridized carbons (Fsp3) is 0.471. The second kappa shape index (κ2) is 5.21. The van der Waals surface area contributed by atoms with Crippen LogP contribution in [-0.4, -0.2) is 11.5 Å². The molecule has 1 aliphatic heterocycles. The molecule has 0 aliphatic carbocycles. The van der Waals surface area contributed by atoms with Crippen molar-refractivity contribution in [3.05, 3.63) is 45.4 Å². The Labute approximate surface area is 125 Å². The van der Waals surface area contributed by atoms with Crippen molar-refractivity contribution in [3.8, 4) is 0 Å². The van der Waals surface area contributed by atoms with Crippen molar-refractivity contribution in [2.75, 3.05) is 11.9 Å². The molecule has 106 valence electrons. The maximum Gasteiger partial charge on any atom is 0.0972 e. The summed E-state index contributed by atoms with van der Waals surface area (Å²) in [6.07, 6.45) is 3.39. The standard InChI is InChI=1S/C17H22N2S/c1-17(2,3)15-11-20-16(19-15)10-12-6-7-14-13(9-12)5-4-8-18-14/h6-7,9,11,18H,4-5,8,10H2,1-3H3. The van der Waals surface area contributed by atoms with Gasteiger partial charge in [-0.3, -0.25) is 0 Å². The summed E-state index contributed by atoms with van der Waals surface area (Å²) in [6, 6.07) is 6.80. The van der Waals surface area contributed by atoms with Crippen LogP contribution >= 0.6 is 11.3 Å². The average Bonchev–Trinajstić information content (AvgIpc) is 2.87. The van der Waals surface area contributed by atoms with Crippen molar-refractivity contribution >= 4 is 17.0 Å². The zero-order chi connectivity index (χ0) is 14.2. The number of hydrogen-bond donors (Lipinski definition) is 1. The first-order valence-electron chi connectivity index (χ1n) is 7.33. The molecule has 1 N–H and O–H groups in total. The van der Waals surface area contributed by atoms with Gasteiger partial charge in [0.25, 0.3) is 0 Å². The predicted molar refractivity (Wildman–Crippen MR) is 86.9 cm³/mol. The minimum absolute atomic E-state index is 0.147. The van der Waals surface area contributed by atoms with Crippen molar-refractivity contribution in [2.45, 2.75) is 45.4 Å². The van der Waals surface area contributed by atoms with Crippen LogP contribution in [0.25, 0.3) is 0 Å². The average molecular weight is 286 g/mol. The number of benzene rings is 1. The molecule has 2 nitrogen and oxygen atoms in total. The molecule has 0 unspecified atom stereocenters. The lowest BCUT2D eigenvalue weighted by atomic mass is 9.93. The van der Waals surface area contributed by atoms with Crippen LogP contribution in [0.4, 0.5) is 5.69 Å². The van der Waals surface area contributed by atoms with Crippen molar-refractivity contribution in [3.63, 3.8) is 0 Å². The number of aryl methyl sites for hydroxylation is 1. The predicted octanol–water partition coefficient (Wildman–Crippen LogP) is 4.39. The Morgan fingerprint density at radius 1 is 1.30 bits per heavy atom. The van der Waals surface area contributed by atoms with Gasteiger partial charge in [0.15, 0.2) is 0 Å². The van der Waals surface area contributed by atoms with E-state index in [-0.39, 0.29) is 5.41 Å². The Kier molecular flexibility index (Phi) is 3.55. The molecular formula is C17H22N2S. The highest BCUT2D eigenvalue weighted by molar-refractivity contribution is 7.09. The van der Waals surface area contributed by atoms with Gasteiger partial charge in [0.2, 0.25) is 0 Å². The fourth-order valence-corrected chi connectivity index (χ4v) is 3.60. The van der Waals surface area contributed by atoms with Crippen LogP contribution in [-0.2, 0) is 18.3 Å². The van der Waals surface area contributed by atoms with Gasteiger partial charge >= 0.3 is 0 Å². The Morgan fingerprint density at radius 3 is 2.90 bits per heavy atom. The molecule has 0 spiro atoms. The number of hydrogen-bond acceptors (Lipinski definition) is 3. The van der Waals surface area contributed by atoms with E-state index in [1.54, 1.807) is 11.3 Å². The smallest absolute Gasteiger partial charge is 0.0972 e. The summed E-state index contributed by atoms with van der Waals surface area (Å²) in [5, 5.41) is 6.89. The van der Waals surface area contributed by atoms with E-state index in [0.29, 0.717) is 0 Å². The minimum Gasteiger partial charge on any atom is -0.385 e. The molecule has 0 saturated heterocycles.